The molecular formula is C20H17N3O4. The summed E-state index contributed by atoms with van der Waals surface area (Å²) in [6, 6.07) is 15.3. The highest BCUT2D eigenvalue weighted by molar-refractivity contribution is 6.05. The number of fused-ring (bicyclic) bond motifs is 1. The van der Waals surface area contributed by atoms with Crippen LogP contribution in [0.5, 0.6) is 0 Å². The molecule has 3 amide bonds. The van der Waals surface area contributed by atoms with Crippen molar-refractivity contribution in [1.82, 2.24) is 5.32 Å². The molecule has 4 rings (SSSR count). The van der Waals surface area contributed by atoms with Gasteiger partial charge in [-0.1, -0.05) is 18.2 Å². The predicted molar refractivity (Wildman–Crippen MR) is 102 cm³/mol. The van der Waals surface area contributed by atoms with E-state index in [1.165, 1.54) is 6.07 Å². The number of carbonyl (C=O) groups excluding carboxylic acids is 2. The van der Waals surface area contributed by atoms with E-state index in [1.54, 1.807) is 53.4 Å². The van der Waals surface area contributed by atoms with Gasteiger partial charge in [-0.2, -0.15) is 0 Å². The normalized spacial score (nSPS) is 14.1. The molecule has 0 unspecified atom stereocenters. The van der Waals surface area contributed by atoms with Gasteiger partial charge in [0, 0.05) is 29.9 Å². The van der Waals surface area contributed by atoms with E-state index in [0.29, 0.717) is 29.7 Å². The molecule has 7 heteroatoms. The van der Waals surface area contributed by atoms with Crippen molar-refractivity contribution < 1.29 is 14.0 Å². The van der Waals surface area contributed by atoms with Gasteiger partial charge in [0.25, 0.3) is 5.91 Å². The lowest BCUT2D eigenvalue weighted by Gasteiger charge is -2.27. The Labute approximate surface area is 154 Å². The Bertz CT molecular complexity index is 1070. The van der Waals surface area contributed by atoms with Crippen molar-refractivity contribution in [3.8, 4) is 0 Å². The number of nitrogens with zero attached hydrogens (tertiary/aromatic N) is 1. The van der Waals surface area contributed by atoms with Gasteiger partial charge in [0.05, 0.1) is 0 Å². The molecule has 136 valence electrons. The molecule has 1 saturated heterocycles. The van der Waals surface area contributed by atoms with Crippen LogP contribution in [-0.2, 0) is 0 Å². The van der Waals surface area contributed by atoms with Crippen LogP contribution in [0.1, 0.15) is 16.8 Å². The van der Waals surface area contributed by atoms with E-state index >= 15 is 0 Å². The number of hydrogen-bond donors (Lipinski definition) is 2. The van der Waals surface area contributed by atoms with Gasteiger partial charge in [0.15, 0.2) is 0 Å². The first-order chi connectivity index (χ1) is 13.1. The van der Waals surface area contributed by atoms with Crippen LogP contribution >= 0.6 is 0 Å². The van der Waals surface area contributed by atoms with E-state index in [4.69, 9.17) is 4.42 Å². The lowest BCUT2D eigenvalue weighted by molar-refractivity contribution is 0.102. The zero-order valence-electron chi connectivity index (χ0n) is 14.4. The molecule has 1 aliphatic heterocycles. The second kappa shape index (κ2) is 6.95. The lowest BCUT2D eigenvalue weighted by atomic mass is 10.1. The number of urea groups is 1. The van der Waals surface area contributed by atoms with Gasteiger partial charge < -0.3 is 15.1 Å². The number of nitrogens with one attached hydrogen (secondary N) is 2. The van der Waals surface area contributed by atoms with Crippen LogP contribution in [0, 0.1) is 0 Å². The van der Waals surface area contributed by atoms with Crippen LogP contribution in [0.3, 0.4) is 0 Å². The van der Waals surface area contributed by atoms with Crippen molar-refractivity contribution in [2.24, 2.45) is 0 Å². The number of carbonyl (C=O) groups is 2. The molecule has 2 N–H and O–H groups in total. The fourth-order valence-electron chi connectivity index (χ4n) is 3.02. The molecule has 1 aliphatic rings. The molecule has 3 aromatic rings. The number of hydrogen-bond acceptors (Lipinski definition) is 4. The van der Waals surface area contributed by atoms with Gasteiger partial charge in [-0.05, 0) is 42.8 Å². The first kappa shape index (κ1) is 16.8. The van der Waals surface area contributed by atoms with Crippen LogP contribution in [0.25, 0.3) is 11.0 Å². The third kappa shape index (κ3) is 3.39. The second-order valence-corrected chi connectivity index (χ2v) is 6.22. The Balaban J connectivity index is 1.54. The summed E-state index contributed by atoms with van der Waals surface area (Å²) in [6.45, 7) is 1.33. The summed E-state index contributed by atoms with van der Waals surface area (Å²) < 4.78 is 5.19. The van der Waals surface area contributed by atoms with E-state index in [1.807, 2.05) is 0 Å². The minimum absolute atomic E-state index is 0.0619. The SMILES string of the molecule is O=C(Nc1ccc(N2CCCNC2=O)cc1)c1cc2ccccc2oc1=O. The van der Waals surface area contributed by atoms with Gasteiger partial charge in [0.2, 0.25) is 0 Å². The summed E-state index contributed by atoms with van der Waals surface area (Å²) in [5, 5.41) is 6.15. The Kier molecular flexibility index (Phi) is 4.33. The van der Waals surface area contributed by atoms with Crippen LogP contribution in [0.4, 0.5) is 16.2 Å². The van der Waals surface area contributed by atoms with Crippen molar-refractivity contribution in [3.63, 3.8) is 0 Å². The second-order valence-electron chi connectivity index (χ2n) is 6.22. The quantitative estimate of drug-likeness (QED) is 0.700. The fraction of sp³-hybridized carbons (Fsp3) is 0.150. The summed E-state index contributed by atoms with van der Waals surface area (Å²) in [7, 11) is 0. The van der Waals surface area contributed by atoms with Crippen LogP contribution in [-0.4, -0.2) is 25.0 Å². The zero-order chi connectivity index (χ0) is 18.8. The fourth-order valence-corrected chi connectivity index (χ4v) is 3.02. The molecular weight excluding hydrogens is 346 g/mol. The topological polar surface area (TPSA) is 91.7 Å². The molecule has 27 heavy (non-hydrogen) atoms. The highest BCUT2D eigenvalue weighted by Crippen LogP contribution is 2.20. The van der Waals surface area contributed by atoms with Crippen molar-refractivity contribution in [3.05, 3.63) is 70.6 Å². The van der Waals surface area contributed by atoms with E-state index in [2.05, 4.69) is 10.6 Å². The lowest BCUT2D eigenvalue weighted by Crippen LogP contribution is -2.46. The summed E-state index contributed by atoms with van der Waals surface area (Å²) >= 11 is 0. The van der Waals surface area contributed by atoms with Gasteiger partial charge in [0.1, 0.15) is 11.1 Å². The van der Waals surface area contributed by atoms with E-state index in [-0.39, 0.29) is 11.6 Å². The molecule has 0 bridgehead atoms. The first-order valence-corrected chi connectivity index (χ1v) is 8.61. The average Bonchev–Trinajstić information content (AvgIpc) is 2.68. The maximum atomic E-state index is 12.5. The van der Waals surface area contributed by atoms with E-state index in [9.17, 15) is 14.4 Å². The van der Waals surface area contributed by atoms with Crippen molar-refractivity contribution in [1.29, 1.82) is 0 Å². The molecule has 2 aromatic carbocycles. The zero-order valence-corrected chi connectivity index (χ0v) is 14.4. The molecule has 0 aliphatic carbocycles. The first-order valence-electron chi connectivity index (χ1n) is 8.61. The third-order valence-corrected chi connectivity index (χ3v) is 4.40. The predicted octanol–water partition coefficient (Wildman–Crippen LogP) is 2.97. The summed E-state index contributed by atoms with van der Waals surface area (Å²) in [6.07, 6.45) is 0.877. The largest absolute Gasteiger partial charge is 0.422 e. The van der Waals surface area contributed by atoms with Crippen LogP contribution in [0.15, 0.2) is 63.8 Å². The van der Waals surface area contributed by atoms with Crippen LogP contribution in [0.2, 0.25) is 0 Å². The maximum absolute atomic E-state index is 12.5. The minimum atomic E-state index is -0.687. The Morgan fingerprint density at radius 3 is 2.63 bits per heavy atom. The number of rotatable bonds is 3. The smallest absolute Gasteiger partial charge is 0.349 e. The van der Waals surface area contributed by atoms with E-state index in [0.717, 1.165) is 12.1 Å². The number of anilines is 2. The molecule has 0 saturated carbocycles. The average molecular weight is 363 g/mol. The Hall–Kier alpha value is -3.61. The number of amides is 3. The highest BCUT2D eigenvalue weighted by atomic mass is 16.4. The summed E-state index contributed by atoms with van der Waals surface area (Å²) in [5.74, 6) is -0.544. The summed E-state index contributed by atoms with van der Waals surface area (Å²) in [5.41, 5.74) is 0.952. The maximum Gasteiger partial charge on any atom is 0.349 e. The molecule has 1 aromatic heterocycles. The number of benzene rings is 2. The number of para-hydroxylation sites is 1. The Morgan fingerprint density at radius 1 is 1.07 bits per heavy atom. The van der Waals surface area contributed by atoms with Gasteiger partial charge in [-0.15, -0.1) is 0 Å². The van der Waals surface area contributed by atoms with Crippen molar-refractivity contribution >= 4 is 34.3 Å². The summed E-state index contributed by atoms with van der Waals surface area (Å²) in [4.78, 5) is 38.1. The standard InChI is InChI=1S/C20H17N3O4/c24-18(16-12-13-4-1-2-5-17(13)27-19(16)25)22-14-6-8-15(9-7-14)23-11-3-10-21-20(23)26/h1-2,4-9,12H,3,10-11H2,(H,21,26)(H,22,24). The third-order valence-electron chi connectivity index (χ3n) is 4.40. The molecule has 1 fully saturated rings. The molecule has 0 atom stereocenters. The molecule has 2 heterocycles. The van der Waals surface area contributed by atoms with Crippen molar-refractivity contribution in [2.45, 2.75) is 6.42 Å². The minimum Gasteiger partial charge on any atom is -0.422 e. The highest BCUT2D eigenvalue weighted by Gasteiger charge is 2.19. The van der Waals surface area contributed by atoms with Gasteiger partial charge >= 0.3 is 11.7 Å². The van der Waals surface area contributed by atoms with Crippen LogP contribution < -0.4 is 21.2 Å². The molecule has 0 spiro atoms. The van der Waals surface area contributed by atoms with Crippen molar-refractivity contribution in [2.75, 3.05) is 23.3 Å². The van der Waals surface area contributed by atoms with E-state index < -0.39 is 11.5 Å². The Morgan fingerprint density at radius 2 is 1.85 bits per heavy atom. The van der Waals surface area contributed by atoms with Gasteiger partial charge in [-0.25, -0.2) is 9.59 Å². The van der Waals surface area contributed by atoms with Gasteiger partial charge in [-0.3, -0.25) is 9.69 Å². The molecule has 0 radical (unpaired) electrons. The molecule has 7 nitrogen and oxygen atoms in total. The monoisotopic (exact) mass is 363 g/mol.